The van der Waals surface area contributed by atoms with Crippen molar-refractivity contribution in [2.45, 2.75) is 58.9 Å². The van der Waals surface area contributed by atoms with Crippen molar-refractivity contribution in [2.24, 2.45) is 16.6 Å². The normalized spacial score (nSPS) is 22.8. The van der Waals surface area contributed by atoms with Crippen LogP contribution < -0.4 is 10.5 Å². The monoisotopic (exact) mass is 309 g/mol. The summed E-state index contributed by atoms with van der Waals surface area (Å²) >= 11 is 6.15. The summed E-state index contributed by atoms with van der Waals surface area (Å²) in [7, 11) is 1.70. The number of nitrogens with two attached hydrogens (primary N) is 1. The quantitative estimate of drug-likeness (QED) is 0.868. The van der Waals surface area contributed by atoms with E-state index in [2.05, 4.69) is 27.7 Å². The number of methoxy groups -OCH3 is 1. The molecule has 0 bridgehead atoms. The third kappa shape index (κ3) is 4.14. The van der Waals surface area contributed by atoms with Gasteiger partial charge in [0.25, 0.3) is 0 Å². The molecule has 21 heavy (non-hydrogen) atoms. The van der Waals surface area contributed by atoms with Crippen LogP contribution in [-0.2, 0) is 6.42 Å². The van der Waals surface area contributed by atoms with Crippen LogP contribution in [0.3, 0.4) is 0 Å². The smallest absolute Gasteiger partial charge is 0.122 e. The Kier molecular flexibility index (Phi) is 4.34. The molecular formula is C18H28ClNO. The Labute approximate surface area is 134 Å². The molecule has 0 aromatic heterocycles. The zero-order chi connectivity index (χ0) is 15.9. The van der Waals surface area contributed by atoms with Gasteiger partial charge in [-0.3, -0.25) is 0 Å². The second-order valence-corrected chi connectivity index (χ2v) is 8.79. The van der Waals surface area contributed by atoms with Gasteiger partial charge in [-0.05, 0) is 60.3 Å². The van der Waals surface area contributed by atoms with E-state index in [1.807, 2.05) is 18.2 Å². The summed E-state index contributed by atoms with van der Waals surface area (Å²) in [5.74, 6) is 0.880. The molecule has 1 fully saturated rings. The summed E-state index contributed by atoms with van der Waals surface area (Å²) in [6.45, 7) is 9.30. The lowest BCUT2D eigenvalue weighted by Crippen LogP contribution is -2.53. The molecule has 0 saturated heterocycles. The van der Waals surface area contributed by atoms with Gasteiger partial charge in [0.15, 0.2) is 0 Å². The zero-order valence-electron chi connectivity index (χ0n) is 13.9. The number of rotatable bonds is 3. The lowest BCUT2D eigenvalue weighted by molar-refractivity contribution is 0.0484. The Balaban J connectivity index is 2.31. The van der Waals surface area contributed by atoms with Crippen LogP contribution in [0.5, 0.6) is 5.75 Å². The largest absolute Gasteiger partial charge is 0.496 e. The van der Waals surface area contributed by atoms with Gasteiger partial charge in [-0.1, -0.05) is 39.3 Å². The number of hydrogen-bond donors (Lipinski definition) is 1. The average Bonchev–Trinajstić information content (AvgIpc) is 2.23. The van der Waals surface area contributed by atoms with Gasteiger partial charge in [-0.25, -0.2) is 0 Å². The van der Waals surface area contributed by atoms with Gasteiger partial charge < -0.3 is 10.5 Å². The number of hydrogen-bond acceptors (Lipinski definition) is 2. The lowest BCUT2D eigenvalue weighted by atomic mass is 9.57. The van der Waals surface area contributed by atoms with Crippen LogP contribution in [0.2, 0.25) is 5.02 Å². The topological polar surface area (TPSA) is 35.2 Å². The predicted octanol–water partition coefficient (Wildman–Crippen LogP) is 4.82. The maximum absolute atomic E-state index is 6.82. The molecule has 0 spiro atoms. The molecule has 1 saturated carbocycles. The Morgan fingerprint density at radius 3 is 2.19 bits per heavy atom. The van der Waals surface area contributed by atoms with E-state index < -0.39 is 0 Å². The van der Waals surface area contributed by atoms with Crippen molar-refractivity contribution in [2.75, 3.05) is 7.11 Å². The fraction of sp³-hybridized carbons (Fsp3) is 0.667. The van der Waals surface area contributed by atoms with E-state index in [9.17, 15) is 0 Å². The Hall–Kier alpha value is -0.730. The van der Waals surface area contributed by atoms with Crippen LogP contribution in [0.25, 0.3) is 0 Å². The first-order valence-electron chi connectivity index (χ1n) is 7.66. The minimum absolute atomic E-state index is 0.205. The molecule has 2 N–H and O–H groups in total. The van der Waals surface area contributed by atoms with Gasteiger partial charge in [0, 0.05) is 10.6 Å². The molecule has 0 amide bonds. The molecule has 1 aromatic rings. The van der Waals surface area contributed by atoms with Gasteiger partial charge in [0.1, 0.15) is 5.75 Å². The standard InChI is InChI=1S/C18H28ClNO/c1-16(2)10-17(3,4)12-18(20,11-16)9-13-8-14(19)6-7-15(13)21-5/h6-8H,9-12,20H2,1-5H3. The third-order valence-corrected chi connectivity index (χ3v) is 4.64. The predicted molar refractivity (Wildman–Crippen MR) is 90.0 cm³/mol. The van der Waals surface area contributed by atoms with Crippen molar-refractivity contribution >= 4 is 11.6 Å². The molecule has 0 heterocycles. The van der Waals surface area contributed by atoms with Crippen LogP contribution in [0.4, 0.5) is 0 Å². The number of ether oxygens (including phenoxy) is 1. The minimum Gasteiger partial charge on any atom is -0.496 e. The van der Waals surface area contributed by atoms with E-state index >= 15 is 0 Å². The second-order valence-electron chi connectivity index (χ2n) is 8.35. The summed E-state index contributed by atoms with van der Waals surface area (Å²) in [4.78, 5) is 0. The second kappa shape index (κ2) is 5.48. The lowest BCUT2D eigenvalue weighted by Gasteiger charge is -2.50. The SMILES string of the molecule is COc1ccc(Cl)cc1CC1(N)CC(C)(C)CC(C)(C)C1. The number of benzene rings is 1. The van der Waals surface area contributed by atoms with Crippen molar-refractivity contribution in [3.8, 4) is 5.75 Å². The maximum Gasteiger partial charge on any atom is 0.122 e. The highest BCUT2D eigenvalue weighted by Crippen LogP contribution is 2.50. The van der Waals surface area contributed by atoms with Crippen molar-refractivity contribution in [3.05, 3.63) is 28.8 Å². The fourth-order valence-electron chi connectivity index (χ4n) is 4.78. The molecule has 0 radical (unpaired) electrons. The molecule has 0 aliphatic heterocycles. The van der Waals surface area contributed by atoms with E-state index in [4.69, 9.17) is 22.1 Å². The van der Waals surface area contributed by atoms with Crippen LogP contribution in [-0.4, -0.2) is 12.6 Å². The number of halogens is 1. The summed E-state index contributed by atoms with van der Waals surface area (Å²) in [6, 6.07) is 5.78. The van der Waals surface area contributed by atoms with Crippen molar-refractivity contribution in [3.63, 3.8) is 0 Å². The van der Waals surface area contributed by atoms with Gasteiger partial charge in [-0.15, -0.1) is 0 Å². The minimum atomic E-state index is -0.205. The molecule has 0 atom stereocenters. The van der Waals surface area contributed by atoms with Gasteiger partial charge in [0.2, 0.25) is 0 Å². The average molecular weight is 310 g/mol. The van der Waals surface area contributed by atoms with E-state index in [-0.39, 0.29) is 16.4 Å². The van der Waals surface area contributed by atoms with E-state index in [0.29, 0.717) is 0 Å². The fourth-order valence-corrected chi connectivity index (χ4v) is 4.97. The molecule has 1 aliphatic rings. The van der Waals surface area contributed by atoms with Gasteiger partial charge in [0.05, 0.1) is 7.11 Å². The first-order chi connectivity index (χ1) is 9.54. The molecular weight excluding hydrogens is 282 g/mol. The summed E-state index contributed by atoms with van der Waals surface area (Å²) in [5.41, 5.74) is 8.26. The summed E-state index contributed by atoms with van der Waals surface area (Å²) < 4.78 is 5.48. The van der Waals surface area contributed by atoms with E-state index in [0.717, 1.165) is 35.6 Å². The Bertz CT molecular complexity index is 506. The van der Waals surface area contributed by atoms with Crippen molar-refractivity contribution in [1.82, 2.24) is 0 Å². The maximum atomic E-state index is 6.82. The molecule has 1 aliphatic carbocycles. The first-order valence-corrected chi connectivity index (χ1v) is 8.03. The highest BCUT2D eigenvalue weighted by atomic mass is 35.5. The van der Waals surface area contributed by atoms with E-state index in [1.165, 1.54) is 6.42 Å². The Morgan fingerprint density at radius 1 is 1.10 bits per heavy atom. The summed E-state index contributed by atoms with van der Waals surface area (Å²) in [5, 5.41) is 0.740. The van der Waals surface area contributed by atoms with Gasteiger partial charge in [-0.2, -0.15) is 0 Å². The highest BCUT2D eigenvalue weighted by Gasteiger charge is 2.45. The third-order valence-electron chi connectivity index (χ3n) is 4.40. The van der Waals surface area contributed by atoms with Gasteiger partial charge >= 0.3 is 0 Å². The van der Waals surface area contributed by atoms with Crippen molar-refractivity contribution in [1.29, 1.82) is 0 Å². The highest BCUT2D eigenvalue weighted by molar-refractivity contribution is 6.30. The zero-order valence-corrected chi connectivity index (χ0v) is 14.7. The van der Waals surface area contributed by atoms with Crippen LogP contribution in [0.15, 0.2) is 18.2 Å². The van der Waals surface area contributed by atoms with Crippen molar-refractivity contribution < 1.29 is 4.74 Å². The molecule has 2 nitrogen and oxygen atoms in total. The first kappa shape index (κ1) is 16.6. The van der Waals surface area contributed by atoms with Crippen LogP contribution >= 0.6 is 11.6 Å². The van der Waals surface area contributed by atoms with Crippen LogP contribution in [0, 0.1) is 10.8 Å². The summed E-state index contributed by atoms with van der Waals surface area (Å²) in [6.07, 6.45) is 4.08. The Morgan fingerprint density at radius 2 is 1.67 bits per heavy atom. The molecule has 118 valence electrons. The molecule has 1 aromatic carbocycles. The van der Waals surface area contributed by atoms with E-state index in [1.54, 1.807) is 7.11 Å². The molecule has 3 heteroatoms. The molecule has 2 rings (SSSR count). The van der Waals surface area contributed by atoms with Crippen LogP contribution in [0.1, 0.15) is 52.5 Å². The molecule has 0 unspecified atom stereocenters.